The number of hydrogen-bond acceptors (Lipinski definition) is 3. The van der Waals surface area contributed by atoms with Crippen LogP contribution in [0, 0.1) is 12.8 Å². The van der Waals surface area contributed by atoms with Crippen molar-refractivity contribution in [3.8, 4) is 0 Å². The van der Waals surface area contributed by atoms with Crippen LogP contribution in [-0.4, -0.2) is 34.4 Å². The number of nitrogens with two attached hydrogens (primary N) is 1. The van der Waals surface area contributed by atoms with Gasteiger partial charge in [-0.25, -0.2) is 4.98 Å². The van der Waals surface area contributed by atoms with Crippen LogP contribution in [0.25, 0.3) is 0 Å². The molecule has 0 spiro atoms. The number of hydrogen-bond donors (Lipinski definition) is 1. The molecule has 2 fully saturated rings. The third kappa shape index (κ3) is 2.19. The van der Waals surface area contributed by atoms with Crippen molar-refractivity contribution in [2.45, 2.75) is 31.7 Å². The van der Waals surface area contributed by atoms with Crippen LogP contribution in [0.15, 0.2) is 16.6 Å². The molecule has 0 radical (unpaired) electrons. The van der Waals surface area contributed by atoms with Gasteiger partial charge in [0.25, 0.3) is 5.91 Å². The van der Waals surface area contributed by atoms with E-state index in [-0.39, 0.29) is 11.4 Å². The highest BCUT2D eigenvalue weighted by Gasteiger charge is 2.48. The van der Waals surface area contributed by atoms with Crippen molar-refractivity contribution >= 4 is 21.8 Å². The third-order valence-electron chi connectivity index (χ3n) is 4.41. The topological polar surface area (TPSA) is 59.2 Å². The Hall–Kier alpha value is -0.940. The maximum absolute atomic E-state index is 12.6. The monoisotopic (exact) mass is 323 g/mol. The normalized spacial score (nSPS) is 29.6. The van der Waals surface area contributed by atoms with Gasteiger partial charge in [-0.05, 0) is 53.7 Å². The van der Waals surface area contributed by atoms with E-state index in [0.717, 1.165) is 29.6 Å². The van der Waals surface area contributed by atoms with Gasteiger partial charge in [-0.3, -0.25) is 4.79 Å². The van der Waals surface area contributed by atoms with E-state index in [9.17, 15) is 4.79 Å². The van der Waals surface area contributed by atoms with Crippen LogP contribution < -0.4 is 5.73 Å². The molecule has 2 N–H and O–H groups in total. The van der Waals surface area contributed by atoms with Gasteiger partial charge in [-0.15, -0.1) is 0 Å². The maximum Gasteiger partial charge on any atom is 0.273 e. The highest BCUT2D eigenvalue weighted by molar-refractivity contribution is 9.10. The minimum absolute atomic E-state index is 0.00481. The average molecular weight is 324 g/mol. The number of fused-ring (bicyclic) bond motifs is 1. The summed E-state index contributed by atoms with van der Waals surface area (Å²) in [5.74, 6) is 0.454. The third-order valence-corrected chi connectivity index (χ3v) is 5.05. The van der Waals surface area contributed by atoms with Crippen molar-refractivity contribution in [2.75, 3.05) is 13.1 Å². The van der Waals surface area contributed by atoms with Gasteiger partial charge in [0.2, 0.25) is 0 Å². The Balaban J connectivity index is 1.84. The van der Waals surface area contributed by atoms with E-state index >= 15 is 0 Å². The maximum atomic E-state index is 12.6. The highest BCUT2D eigenvalue weighted by Crippen LogP contribution is 2.40. The second-order valence-electron chi connectivity index (χ2n) is 5.79. The molecule has 2 aliphatic rings. The van der Waals surface area contributed by atoms with Gasteiger partial charge in [0.15, 0.2) is 0 Å². The summed E-state index contributed by atoms with van der Waals surface area (Å²) in [6.07, 6.45) is 3.36. The molecule has 2 atom stereocenters. The summed E-state index contributed by atoms with van der Waals surface area (Å²) >= 11 is 3.41. The van der Waals surface area contributed by atoms with E-state index in [1.165, 1.54) is 6.42 Å². The van der Waals surface area contributed by atoms with Crippen LogP contribution in [0.3, 0.4) is 0 Å². The van der Waals surface area contributed by atoms with Crippen LogP contribution in [0.1, 0.15) is 35.4 Å². The van der Waals surface area contributed by atoms with Crippen LogP contribution in [0.2, 0.25) is 0 Å². The molecular formula is C14H18BrN3O. The fourth-order valence-electron chi connectivity index (χ4n) is 3.33. The lowest BCUT2D eigenvalue weighted by Gasteiger charge is -2.23. The smallest absolute Gasteiger partial charge is 0.273 e. The Labute approximate surface area is 121 Å². The number of rotatable bonds is 1. The average Bonchev–Trinajstić information content (AvgIpc) is 2.86. The van der Waals surface area contributed by atoms with Gasteiger partial charge in [0.1, 0.15) is 5.69 Å². The van der Waals surface area contributed by atoms with Gasteiger partial charge in [-0.2, -0.15) is 0 Å². The van der Waals surface area contributed by atoms with Crippen molar-refractivity contribution in [2.24, 2.45) is 11.7 Å². The van der Waals surface area contributed by atoms with Crippen molar-refractivity contribution in [1.29, 1.82) is 0 Å². The number of aromatic nitrogens is 1. The molecule has 0 aromatic carbocycles. The zero-order valence-corrected chi connectivity index (χ0v) is 12.6. The summed E-state index contributed by atoms with van der Waals surface area (Å²) in [5, 5.41) is 0. The Morgan fingerprint density at radius 2 is 2.37 bits per heavy atom. The van der Waals surface area contributed by atoms with Gasteiger partial charge < -0.3 is 10.6 Å². The molecule has 5 heteroatoms. The molecule has 1 aromatic heterocycles. The Morgan fingerprint density at radius 1 is 1.58 bits per heavy atom. The molecule has 0 bridgehead atoms. The fraction of sp³-hybridized carbons (Fsp3) is 0.571. The number of likely N-dealkylation sites (tertiary alicyclic amines) is 1. The van der Waals surface area contributed by atoms with Crippen LogP contribution >= 0.6 is 15.9 Å². The molecule has 4 nitrogen and oxygen atoms in total. The van der Waals surface area contributed by atoms with Gasteiger partial charge >= 0.3 is 0 Å². The molecule has 1 saturated carbocycles. The van der Waals surface area contributed by atoms with E-state index in [4.69, 9.17) is 5.73 Å². The molecule has 102 valence electrons. The van der Waals surface area contributed by atoms with Gasteiger partial charge in [0, 0.05) is 28.8 Å². The van der Waals surface area contributed by atoms with Crippen LogP contribution in [0.4, 0.5) is 0 Å². The quantitative estimate of drug-likeness (QED) is 0.861. The second-order valence-corrected chi connectivity index (χ2v) is 6.65. The molecule has 3 rings (SSSR count). The first-order valence-electron chi connectivity index (χ1n) is 6.71. The molecule has 19 heavy (non-hydrogen) atoms. The summed E-state index contributed by atoms with van der Waals surface area (Å²) in [6, 6.07) is 3.77. The number of carbonyl (C=O) groups excluding carboxylic acids is 1. The summed E-state index contributed by atoms with van der Waals surface area (Å²) in [7, 11) is 0. The molecule has 1 aliphatic carbocycles. The van der Waals surface area contributed by atoms with Crippen LogP contribution in [0.5, 0.6) is 0 Å². The summed E-state index contributed by atoms with van der Waals surface area (Å²) in [4.78, 5) is 18.8. The minimum atomic E-state index is -0.161. The zero-order valence-electron chi connectivity index (χ0n) is 11.0. The molecule has 1 aromatic rings. The minimum Gasteiger partial charge on any atom is -0.335 e. The summed E-state index contributed by atoms with van der Waals surface area (Å²) in [6.45, 7) is 3.34. The zero-order chi connectivity index (χ0) is 13.6. The van der Waals surface area contributed by atoms with Crippen molar-refractivity contribution in [1.82, 2.24) is 9.88 Å². The standard InChI is InChI=1S/C14H18BrN3O/c1-9-4-5-11(15)12(17-9)13(19)18-7-10-3-2-6-14(10,16)8-18/h4-5,10H,2-3,6-8,16H2,1H3. The van der Waals surface area contributed by atoms with Crippen molar-refractivity contribution in [3.05, 3.63) is 28.0 Å². The molecule has 1 aliphatic heterocycles. The van der Waals surface area contributed by atoms with E-state index < -0.39 is 0 Å². The number of halogens is 1. The Kier molecular flexibility index (Phi) is 3.14. The second kappa shape index (κ2) is 4.56. The predicted molar refractivity (Wildman–Crippen MR) is 76.8 cm³/mol. The molecular weight excluding hydrogens is 306 g/mol. The van der Waals surface area contributed by atoms with Gasteiger partial charge in [0.05, 0.1) is 0 Å². The Bertz CT molecular complexity index is 533. The lowest BCUT2D eigenvalue weighted by Crippen LogP contribution is -2.45. The van der Waals surface area contributed by atoms with Crippen molar-refractivity contribution in [3.63, 3.8) is 0 Å². The summed E-state index contributed by atoms with van der Waals surface area (Å²) in [5.41, 5.74) is 7.61. The first-order chi connectivity index (χ1) is 8.99. The predicted octanol–water partition coefficient (Wildman–Crippen LogP) is 2.11. The van der Waals surface area contributed by atoms with Crippen molar-refractivity contribution < 1.29 is 4.79 Å². The fourth-order valence-corrected chi connectivity index (χ4v) is 3.72. The largest absolute Gasteiger partial charge is 0.335 e. The van der Waals surface area contributed by atoms with E-state index in [1.807, 2.05) is 24.0 Å². The number of pyridine rings is 1. The first kappa shape index (κ1) is 13.1. The molecule has 1 saturated heterocycles. The first-order valence-corrected chi connectivity index (χ1v) is 7.50. The highest BCUT2D eigenvalue weighted by atomic mass is 79.9. The number of amides is 1. The number of carbonyl (C=O) groups is 1. The Morgan fingerprint density at radius 3 is 3.11 bits per heavy atom. The molecule has 2 heterocycles. The lowest BCUT2D eigenvalue weighted by atomic mass is 9.92. The summed E-state index contributed by atoms with van der Waals surface area (Å²) < 4.78 is 0.756. The lowest BCUT2D eigenvalue weighted by molar-refractivity contribution is 0.0771. The van der Waals surface area contributed by atoms with E-state index in [2.05, 4.69) is 20.9 Å². The van der Waals surface area contributed by atoms with E-state index in [0.29, 0.717) is 18.2 Å². The molecule has 2 unspecified atom stereocenters. The number of aryl methyl sites for hydroxylation is 1. The number of nitrogens with zero attached hydrogens (tertiary/aromatic N) is 2. The SMILES string of the molecule is Cc1ccc(Br)c(C(=O)N2CC3CCCC3(N)C2)n1. The molecule has 1 amide bonds. The van der Waals surface area contributed by atoms with E-state index in [1.54, 1.807) is 0 Å². The van der Waals surface area contributed by atoms with Crippen LogP contribution in [-0.2, 0) is 0 Å². The van der Waals surface area contributed by atoms with Gasteiger partial charge in [-0.1, -0.05) is 6.42 Å².